The van der Waals surface area contributed by atoms with Crippen LogP contribution in [-0.2, 0) is 15.7 Å². The van der Waals surface area contributed by atoms with E-state index in [4.69, 9.17) is 4.74 Å². The molecule has 9 heteroatoms. The van der Waals surface area contributed by atoms with Gasteiger partial charge in [-0.05, 0) is 42.8 Å². The second-order valence-electron chi connectivity index (χ2n) is 5.75. The molecule has 1 amide bonds. The molecule has 1 N–H and O–H groups in total. The van der Waals surface area contributed by atoms with Crippen molar-refractivity contribution >= 4 is 50.3 Å². The van der Waals surface area contributed by atoms with E-state index < -0.39 is 22.7 Å². The molecule has 2 unspecified atom stereocenters. The molecule has 22 heavy (non-hydrogen) atoms. The number of guanidine groups is 1. The SMILES string of the molecule is CN1C(NC(=O)OC(C)(C)C)=NC(c2cc(Br)cs2)CS1=O. The fraction of sp³-hybridized carbons (Fsp3) is 0.538. The summed E-state index contributed by atoms with van der Waals surface area (Å²) in [5, 5.41) is 4.53. The topological polar surface area (TPSA) is 71.0 Å². The number of hydrogen-bond donors (Lipinski definition) is 1. The third-order valence-electron chi connectivity index (χ3n) is 2.71. The molecule has 0 radical (unpaired) electrons. The van der Waals surface area contributed by atoms with Crippen molar-refractivity contribution in [1.29, 1.82) is 0 Å². The van der Waals surface area contributed by atoms with Crippen LogP contribution in [0, 0.1) is 0 Å². The molecule has 1 aliphatic heterocycles. The van der Waals surface area contributed by atoms with Crippen LogP contribution >= 0.6 is 27.3 Å². The maximum atomic E-state index is 12.2. The maximum absolute atomic E-state index is 12.2. The lowest BCUT2D eigenvalue weighted by atomic mass is 10.2. The van der Waals surface area contributed by atoms with Gasteiger partial charge < -0.3 is 4.74 Å². The number of aliphatic imine (C=N–C) groups is 1. The van der Waals surface area contributed by atoms with Gasteiger partial charge in [-0.15, -0.1) is 11.3 Å². The van der Waals surface area contributed by atoms with Crippen LogP contribution in [0.2, 0.25) is 0 Å². The number of alkyl carbamates (subject to hydrolysis) is 1. The summed E-state index contributed by atoms with van der Waals surface area (Å²) >= 11 is 4.94. The Morgan fingerprint density at radius 3 is 2.82 bits per heavy atom. The van der Waals surface area contributed by atoms with Gasteiger partial charge in [-0.3, -0.25) is 9.62 Å². The molecular formula is C13H18BrN3O3S2. The molecule has 6 nitrogen and oxygen atoms in total. The number of thiophene rings is 1. The number of carbonyl (C=O) groups is 1. The summed E-state index contributed by atoms with van der Waals surface area (Å²) in [7, 11) is 0.380. The quantitative estimate of drug-likeness (QED) is 0.777. The van der Waals surface area contributed by atoms with Crippen molar-refractivity contribution in [1.82, 2.24) is 9.62 Å². The third kappa shape index (κ3) is 4.53. The standard InChI is InChI=1S/C13H18BrN3O3S2/c1-13(2,3)20-12(18)16-11-15-9(7-22(19)17(11)4)10-5-8(14)6-21-10/h5-6,9H,7H2,1-4H3,(H,15,16,18). The molecule has 0 fully saturated rings. The first-order chi connectivity index (χ1) is 10.2. The molecule has 2 heterocycles. The van der Waals surface area contributed by atoms with Crippen LogP contribution in [-0.4, -0.2) is 39.0 Å². The van der Waals surface area contributed by atoms with Gasteiger partial charge in [-0.25, -0.2) is 14.0 Å². The van der Waals surface area contributed by atoms with E-state index in [1.54, 1.807) is 27.8 Å². The highest BCUT2D eigenvalue weighted by Crippen LogP contribution is 2.30. The Balaban J connectivity index is 2.18. The largest absolute Gasteiger partial charge is 0.444 e. The van der Waals surface area contributed by atoms with Crippen LogP contribution in [0.4, 0.5) is 4.79 Å². The van der Waals surface area contributed by atoms with E-state index in [0.29, 0.717) is 5.75 Å². The average molecular weight is 408 g/mol. The minimum absolute atomic E-state index is 0.238. The maximum Gasteiger partial charge on any atom is 0.414 e. The van der Waals surface area contributed by atoms with Gasteiger partial charge in [0.05, 0.1) is 5.75 Å². The normalized spacial score (nSPS) is 22.2. The van der Waals surface area contributed by atoms with Gasteiger partial charge in [0, 0.05) is 21.8 Å². The molecule has 2 rings (SSSR count). The van der Waals surface area contributed by atoms with Gasteiger partial charge in [0.1, 0.15) is 22.6 Å². The Morgan fingerprint density at radius 2 is 2.27 bits per heavy atom. The molecule has 1 aromatic rings. The van der Waals surface area contributed by atoms with Crippen molar-refractivity contribution in [3.8, 4) is 0 Å². The zero-order valence-electron chi connectivity index (χ0n) is 12.8. The van der Waals surface area contributed by atoms with E-state index in [9.17, 15) is 9.00 Å². The highest BCUT2D eigenvalue weighted by Gasteiger charge is 2.29. The third-order valence-corrected chi connectivity index (χ3v) is 5.89. The Bertz CT molecular complexity index is 624. The molecule has 0 saturated heterocycles. The van der Waals surface area contributed by atoms with E-state index in [1.807, 2.05) is 11.4 Å². The van der Waals surface area contributed by atoms with Crippen molar-refractivity contribution in [2.45, 2.75) is 32.4 Å². The number of nitrogens with one attached hydrogen (secondary N) is 1. The molecule has 1 aliphatic rings. The zero-order chi connectivity index (χ0) is 16.5. The van der Waals surface area contributed by atoms with Crippen LogP contribution in [0.5, 0.6) is 0 Å². The molecule has 2 atom stereocenters. The summed E-state index contributed by atoms with van der Waals surface area (Å²) in [6, 6.07) is 1.71. The lowest BCUT2D eigenvalue weighted by Gasteiger charge is -2.28. The van der Waals surface area contributed by atoms with E-state index in [1.165, 1.54) is 15.6 Å². The molecule has 1 aromatic heterocycles. The van der Waals surface area contributed by atoms with Crippen molar-refractivity contribution in [3.05, 3.63) is 20.8 Å². The van der Waals surface area contributed by atoms with Gasteiger partial charge in [-0.1, -0.05) is 0 Å². The number of rotatable bonds is 1. The minimum atomic E-state index is -1.25. The lowest BCUT2D eigenvalue weighted by Crippen LogP contribution is -2.48. The summed E-state index contributed by atoms with van der Waals surface area (Å²) < 4.78 is 19.8. The number of carbonyl (C=O) groups excluding carboxylic acids is 1. The van der Waals surface area contributed by atoms with Gasteiger partial charge in [0.2, 0.25) is 5.96 Å². The summed E-state index contributed by atoms with van der Waals surface area (Å²) in [6.07, 6.45) is -0.608. The number of amides is 1. The predicted octanol–water partition coefficient (Wildman–Crippen LogP) is 3.04. The second kappa shape index (κ2) is 6.67. The predicted molar refractivity (Wildman–Crippen MR) is 92.3 cm³/mol. The van der Waals surface area contributed by atoms with Crippen molar-refractivity contribution in [2.24, 2.45) is 4.99 Å². The first-order valence-electron chi connectivity index (χ1n) is 6.59. The number of halogens is 1. The number of hydrogen-bond acceptors (Lipinski definition) is 5. The molecule has 0 aromatic carbocycles. The van der Waals surface area contributed by atoms with Crippen LogP contribution in [0.1, 0.15) is 31.7 Å². The summed E-state index contributed by atoms with van der Waals surface area (Å²) in [5.41, 5.74) is -0.602. The van der Waals surface area contributed by atoms with Gasteiger partial charge in [-0.2, -0.15) is 0 Å². The highest BCUT2D eigenvalue weighted by molar-refractivity contribution is 9.10. The van der Waals surface area contributed by atoms with Crippen molar-refractivity contribution in [2.75, 3.05) is 12.8 Å². The zero-order valence-corrected chi connectivity index (χ0v) is 16.0. The molecule has 0 aliphatic carbocycles. The van der Waals surface area contributed by atoms with E-state index in [2.05, 4.69) is 26.2 Å². The van der Waals surface area contributed by atoms with Crippen LogP contribution in [0.25, 0.3) is 0 Å². The van der Waals surface area contributed by atoms with E-state index in [-0.39, 0.29) is 12.0 Å². The smallest absolute Gasteiger partial charge is 0.414 e. The van der Waals surface area contributed by atoms with Crippen molar-refractivity contribution < 1.29 is 13.7 Å². The van der Waals surface area contributed by atoms with Gasteiger partial charge in [0.25, 0.3) is 0 Å². The van der Waals surface area contributed by atoms with E-state index >= 15 is 0 Å². The fourth-order valence-electron chi connectivity index (χ4n) is 1.76. The molecule has 0 saturated carbocycles. The summed E-state index contributed by atoms with van der Waals surface area (Å²) in [4.78, 5) is 17.4. The average Bonchev–Trinajstić information content (AvgIpc) is 2.79. The van der Waals surface area contributed by atoms with Gasteiger partial charge in [0.15, 0.2) is 0 Å². The first-order valence-corrected chi connectivity index (χ1v) is 9.54. The van der Waals surface area contributed by atoms with Crippen LogP contribution < -0.4 is 5.32 Å². The van der Waals surface area contributed by atoms with Crippen molar-refractivity contribution in [3.63, 3.8) is 0 Å². The molecule has 0 bridgehead atoms. The van der Waals surface area contributed by atoms with Crippen LogP contribution in [0.3, 0.4) is 0 Å². The lowest BCUT2D eigenvalue weighted by molar-refractivity contribution is 0.0559. The molecular weight excluding hydrogens is 390 g/mol. The summed E-state index contributed by atoms with van der Waals surface area (Å²) in [6.45, 7) is 5.34. The van der Waals surface area contributed by atoms with E-state index in [0.717, 1.165) is 9.35 Å². The highest BCUT2D eigenvalue weighted by atomic mass is 79.9. The second-order valence-corrected chi connectivity index (χ2v) is 9.13. The molecule has 122 valence electrons. The fourth-order valence-corrected chi connectivity index (χ4v) is 4.39. The number of nitrogens with zero attached hydrogens (tertiary/aromatic N) is 2. The van der Waals surface area contributed by atoms with Gasteiger partial charge >= 0.3 is 6.09 Å². The monoisotopic (exact) mass is 407 g/mol. The summed E-state index contributed by atoms with van der Waals surface area (Å²) in [5.74, 6) is 0.650. The Kier molecular flexibility index (Phi) is 5.29. The Labute approximate surface area is 144 Å². The van der Waals surface area contributed by atoms with Crippen LogP contribution in [0.15, 0.2) is 20.9 Å². The first kappa shape index (κ1) is 17.4. The molecule has 0 spiro atoms. The Hall–Kier alpha value is -0.930. The number of ether oxygens (including phenoxy) is 1. The Morgan fingerprint density at radius 1 is 1.59 bits per heavy atom. The minimum Gasteiger partial charge on any atom is -0.444 e.